The van der Waals surface area contributed by atoms with Crippen LogP contribution < -0.4 is 10.5 Å². The summed E-state index contributed by atoms with van der Waals surface area (Å²) in [5.74, 6) is 0. The van der Waals surface area contributed by atoms with Gasteiger partial charge in [-0.05, 0) is 18.2 Å². The summed E-state index contributed by atoms with van der Waals surface area (Å²) in [6.07, 6.45) is 2.67. The van der Waals surface area contributed by atoms with E-state index in [9.17, 15) is 8.42 Å². The molecule has 6 nitrogen and oxygen atoms in total. The third-order valence-corrected chi connectivity index (χ3v) is 3.91. The highest BCUT2D eigenvalue weighted by Crippen LogP contribution is 2.24. The lowest BCUT2D eigenvalue weighted by atomic mass is 10.3. The number of aromatic nitrogens is 2. The predicted octanol–water partition coefficient (Wildman–Crippen LogP) is 1.46. The Hall–Kier alpha value is -1.73. The largest absolute Gasteiger partial charge is 0.398 e. The zero-order valence-electron chi connectivity index (χ0n) is 9.46. The lowest BCUT2D eigenvalue weighted by Crippen LogP contribution is -2.12. The molecule has 0 spiro atoms. The van der Waals surface area contributed by atoms with Gasteiger partial charge in [0.2, 0.25) is 0 Å². The lowest BCUT2D eigenvalue weighted by Gasteiger charge is -2.07. The van der Waals surface area contributed by atoms with E-state index in [4.69, 9.17) is 17.3 Å². The van der Waals surface area contributed by atoms with E-state index in [1.807, 2.05) is 0 Å². The molecule has 0 aliphatic heterocycles. The summed E-state index contributed by atoms with van der Waals surface area (Å²) in [5.41, 5.74) is 6.28. The highest BCUT2D eigenvalue weighted by atomic mass is 35.5. The van der Waals surface area contributed by atoms with Gasteiger partial charge in [0.1, 0.15) is 4.90 Å². The third-order valence-electron chi connectivity index (χ3n) is 2.24. The number of nitrogens with two attached hydrogens (primary N) is 1. The van der Waals surface area contributed by atoms with E-state index >= 15 is 0 Å². The fourth-order valence-electron chi connectivity index (χ4n) is 1.34. The van der Waals surface area contributed by atoms with Gasteiger partial charge in [-0.15, -0.1) is 0 Å². The first-order valence-corrected chi connectivity index (χ1v) is 6.81. The molecule has 2 rings (SSSR count). The lowest BCUT2D eigenvalue weighted by molar-refractivity contribution is 0.601. The van der Waals surface area contributed by atoms with E-state index in [2.05, 4.69) is 9.82 Å². The summed E-state index contributed by atoms with van der Waals surface area (Å²) in [4.78, 5) is 0.0814. The van der Waals surface area contributed by atoms with Crippen LogP contribution in [0.15, 0.2) is 35.5 Å². The second-order valence-electron chi connectivity index (χ2n) is 3.69. The van der Waals surface area contributed by atoms with Gasteiger partial charge in [-0.2, -0.15) is 5.10 Å². The van der Waals surface area contributed by atoms with E-state index in [-0.39, 0.29) is 4.90 Å². The van der Waals surface area contributed by atoms with Gasteiger partial charge in [0.25, 0.3) is 10.0 Å². The van der Waals surface area contributed by atoms with E-state index in [0.717, 1.165) is 0 Å². The van der Waals surface area contributed by atoms with Crippen molar-refractivity contribution in [3.8, 4) is 0 Å². The fourth-order valence-corrected chi connectivity index (χ4v) is 2.56. The monoisotopic (exact) mass is 286 g/mol. The molecular formula is C10H11ClN4O2S. The number of aryl methyl sites for hydroxylation is 1. The predicted molar refractivity (Wildman–Crippen MR) is 69.9 cm³/mol. The summed E-state index contributed by atoms with van der Waals surface area (Å²) < 4.78 is 27.7. The molecule has 0 aliphatic rings. The van der Waals surface area contributed by atoms with Crippen molar-refractivity contribution in [3.63, 3.8) is 0 Å². The van der Waals surface area contributed by atoms with Crippen LogP contribution in [0.2, 0.25) is 5.02 Å². The number of benzene rings is 1. The summed E-state index contributed by atoms with van der Waals surface area (Å²) in [6, 6.07) is 4.52. The van der Waals surface area contributed by atoms with Crippen LogP contribution in [0.25, 0.3) is 0 Å². The van der Waals surface area contributed by atoms with E-state index in [0.29, 0.717) is 16.4 Å². The van der Waals surface area contributed by atoms with Gasteiger partial charge in [0.15, 0.2) is 0 Å². The Morgan fingerprint density at radius 3 is 2.72 bits per heavy atom. The van der Waals surface area contributed by atoms with Crippen molar-refractivity contribution >= 4 is 33.0 Å². The average molecular weight is 287 g/mol. The van der Waals surface area contributed by atoms with Crippen LogP contribution in [0.4, 0.5) is 11.4 Å². The minimum atomic E-state index is -3.65. The smallest absolute Gasteiger partial charge is 0.265 e. The van der Waals surface area contributed by atoms with Crippen molar-refractivity contribution in [2.75, 3.05) is 10.5 Å². The molecule has 3 N–H and O–H groups in total. The van der Waals surface area contributed by atoms with Gasteiger partial charge in [-0.3, -0.25) is 9.40 Å². The maximum Gasteiger partial charge on any atom is 0.265 e. The van der Waals surface area contributed by atoms with Crippen molar-refractivity contribution < 1.29 is 8.42 Å². The minimum absolute atomic E-state index is 0.0814. The summed E-state index contributed by atoms with van der Waals surface area (Å²) in [6.45, 7) is 0. The Kier molecular flexibility index (Phi) is 3.18. The highest BCUT2D eigenvalue weighted by molar-refractivity contribution is 7.92. The third kappa shape index (κ3) is 2.57. The maximum absolute atomic E-state index is 12.0. The molecule has 0 atom stereocenters. The average Bonchev–Trinajstić information content (AvgIpc) is 2.71. The van der Waals surface area contributed by atoms with E-state index < -0.39 is 10.0 Å². The molecule has 1 aromatic carbocycles. The van der Waals surface area contributed by atoms with Crippen molar-refractivity contribution in [2.24, 2.45) is 7.05 Å². The van der Waals surface area contributed by atoms with E-state index in [1.54, 1.807) is 7.05 Å². The quantitative estimate of drug-likeness (QED) is 0.836. The first-order valence-electron chi connectivity index (χ1n) is 4.95. The molecule has 0 radical (unpaired) electrons. The normalized spacial score (nSPS) is 11.4. The van der Waals surface area contributed by atoms with Crippen LogP contribution in [0.1, 0.15) is 0 Å². The second-order valence-corrected chi connectivity index (χ2v) is 5.78. The van der Waals surface area contributed by atoms with Crippen molar-refractivity contribution in [1.29, 1.82) is 0 Å². The molecule has 1 aromatic heterocycles. The van der Waals surface area contributed by atoms with Crippen LogP contribution in [0.3, 0.4) is 0 Å². The van der Waals surface area contributed by atoms with Gasteiger partial charge in [-0.25, -0.2) is 8.42 Å². The fraction of sp³-hybridized carbons (Fsp3) is 0.100. The van der Waals surface area contributed by atoms with Gasteiger partial charge in [0, 0.05) is 13.2 Å². The molecule has 0 unspecified atom stereocenters. The molecule has 0 saturated carbocycles. The second kappa shape index (κ2) is 4.51. The standard InChI is InChI=1S/C10H11ClN4O2S/c1-15-6-8(5-13-15)18(16,17)14-7-2-3-10(12)9(11)4-7/h2-6,14H,12H2,1H3. The number of anilines is 2. The van der Waals surface area contributed by atoms with Crippen molar-refractivity contribution in [1.82, 2.24) is 9.78 Å². The Bertz CT molecular complexity index is 681. The molecule has 0 fully saturated rings. The van der Waals surface area contributed by atoms with Crippen LogP contribution in [0, 0.1) is 0 Å². The number of hydrogen-bond donors (Lipinski definition) is 2. The SMILES string of the molecule is Cn1cc(S(=O)(=O)Nc2ccc(N)c(Cl)c2)cn1. The number of nitrogens with zero attached hydrogens (tertiary/aromatic N) is 2. The molecule has 1 heterocycles. The van der Waals surface area contributed by atoms with Crippen LogP contribution in [0.5, 0.6) is 0 Å². The number of halogens is 1. The molecule has 18 heavy (non-hydrogen) atoms. The minimum Gasteiger partial charge on any atom is -0.398 e. The van der Waals surface area contributed by atoms with Gasteiger partial charge >= 0.3 is 0 Å². The van der Waals surface area contributed by atoms with Crippen LogP contribution >= 0.6 is 11.6 Å². The molecule has 0 amide bonds. The number of hydrogen-bond acceptors (Lipinski definition) is 4. The number of rotatable bonds is 3. The molecule has 8 heteroatoms. The van der Waals surface area contributed by atoms with Gasteiger partial charge < -0.3 is 5.73 Å². The summed E-state index contributed by atoms with van der Waals surface area (Å²) >= 11 is 5.82. The van der Waals surface area contributed by atoms with Gasteiger partial charge in [-0.1, -0.05) is 11.6 Å². The summed E-state index contributed by atoms with van der Waals surface area (Å²) in [7, 11) is -2.02. The molecule has 0 saturated heterocycles. The molecule has 96 valence electrons. The zero-order chi connectivity index (χ0) is 13.3. The van der Waals surface area contributed by atoms with Gasteiger partial charge in [0.05, 0.1) is 22.6 Å². The molecule has 2 aromatic rings. The maximum atomic E-state index is 12.0. The first kappa shape index (κ1) is 12.7. The number of nitrogens with one attached hydrogen (secondary N) is 1. The molecule has 0 aliphatic carbocycles. The zero-order valence-corrected chi connectivity index (χ0v) is 11.0. The first-order chi connectivity index (χ1) is 8.38. The molecule has 0 bridgehead atoms. The van der Waals surface area contributed by atoms with E-state index in [1.165, 1.54) is 35.3 Å². The van der Waals surface area contributed by atoms with Crippen molar-refractivity contribution in [2.45, 2.75) is 4.90 Å². The topological polar surface area (TPSA) is 90.0 Å². The Morgan fingerprint density at radius 2 is 2.17 bits per heavy atom. The summed E-state index contributed by atoms with van der Waals surface area (Å²) in [5, 5.41) is 4.10. The van der Waals surface area contributed by atoms with Crippen LogP contribution in [-0.2, 0) is 17.1 Å². The Labute approximate surface area is 109 Å². The Morgan fingerprint density at radius 1 is 1.44 bits per heavy atom. The van der Waals surface area contributed by atoms with Crippen LogP contribution in [-0.4, -0.2) is 18.2 Å². The Balaban J connectivity index is 2.30. The highest BCUT2D eigenvalue weighted by Gasteiger charge is 2.16. The number of nitrogen functional groups attached to an aromatic ring is 1. The molecular weight excluding hydrogens is 276 g/mol. The van der Waals surface area contributed by atoms with Crippen molar-refractivity contribution in [3.05, 3.63) is 35.6 Å². The number of sulfonamides is 1.